The van der Waals surface area contributed by atoms with E-state index in [0.717, 1.165) is 12.1 Å². The molecule has 0 heterocycles. The van der Waals surface area contributed by atoms with Gasteiger partial charge in [-0.2, -0.15) is 0 Å². The first-order valence-corrected chi connectivity index (χ1v) is 7.48. The Balaban J connectivity index is 2.04. The number of rotatable bonds is 5. The van der Waals surface area contributed by atoms with Crippen LogP contribution < -0.4 is 10.6 Å². The highest BCUT2D eigenvalue weighted by Crippen LogP contribution is 2.20. The first-order valence-electron chi connectivity index (χ1n) is 7.11. The van der Waals surface area contributed by atoms with Crippen molar-refractivity contribution < 1.29 is 9.18 Å². The molecule has 0 saturated carbocycles. The quantitative estimate of drug-likeness (QED) is 0.852. The van der Waals surface area contributed by atoms with Crippen LogP contribution in [0.4, 0.5) is 15.8 Å². The van der Waals surface area contributed by atoms with Gasteiger partial charge in [0.15, 0.2) is 0 Å². The maximum Gasteiger partial charge on any atom is 0.246 e. The third kappa shape index (κ3) is 4.21. The summed E-state index contributed by atoms with van der Waals surface area (Å²) in [7, 11) is 0. The average Bonchev–Trinajstić information content (AvgIpc) is 2.51. The number of halogens is 2. The lowest BCUT2D eigenvalue weighted by molar-refractivity contribution is -0.116. The van der Waals surface area contributed by atoms with Gasteiger partial charge < -0.3 is 10.6 Å². The van der Waals surface area contributed by atoms with Gasteiger partial charge in [0, 0.05) is 10.7 Å². The van der Waals surface area contributed by atoms with Gasteiger partial charge in [-0.3, -0.25) is 4.79 Å². The monoisotopic (exact) mass is 320 g/mol. The van der Waals surface area contributed by atoms with Gasteiger partial charge in [0.2, 0.25) is 5.91 Å². The molecule has 0 bridgehead atoms. The zero-order valence-corrected chi connectivity index (χ0v) is 13.2. The number of aryl methyl sites for hydroxylation is 1. The molecule has 0 aromatic heterocycles. The molecule has 2 N–H and O–H groups in total. The molecule has 2 aromatic rings. The zero-order valence-electron chi connectivity index (χ0n) is 12.5. The van der Waals surface area contributed by atoms with Crippen molar-refractivity contribution >= 4 is 28.9 Å². The molecule has 1 unspecified atom stereocenters. The Bertz CT molecular complexity index is 675. The van der Waals surface area contributed by atoms with Crippen molar-refractivity contribution in [3.8, 4) is 0 Å². The second kappa shape index (κ2) is 7.27. The average molecular weight is 321 g/mol. The second-order valence-corrected chi connectivity index (χ2v) is 5.47. The van der Waals surface area contributed by atoms with E-state index in [1.54, 1.807) is 6.92 Å². The Morgan fingerprint density at radius 2 is 2.05 bits per heavy atom. The van der Waals surface area contributed by atoms with Crippen LogP contribution in [0.5, 0.6) is 0 Å². The summed E-state index contributed by atoms with van der Waals surface area (Å²) in [6, 6.07) is 11.4. The van der Waals surface area contributed by atoms with Crippen LogP contribution in [-0.2, 0) is 11.2 Å². The Morgan fingerprint density at radius 3 is 2.77 bits per heavy atom. The predicted octanol–water partition coefficient (Wildman–Crippen LogP) is 4.48. The number of anilines is 2. The molecule has 0 aliphatic rings. The fourth-order valence-electron chi connectivity index (χ4n) is 2.03. The number of benzene rings is 2. The van der Waals surface area contributed by atoms with Crippen LogP contribution in [0.2, 0.25) is 5.02 Å². The van der Waals surface area contributed by atoms with Gasteiger partial charge in [0.05, 0.1) is 5.69 Å². The first-order chi connectivity index (χ1) is 10.5. The molecule has 1 atom stereocenters. The SMILES string of the molecule is CCc1cccc(NC(C)C(=O)Nc2cc(Cl)ccc2F)c1. The van der Waals surface area contributed by atoms with Gasteiger partial charge in [-0.15, -0.1) is 0 Å². The molecule has 22 heavy (non-hydrogen) atoms. The standard InChI is InChI=1S/C17H18ClFN2O/c1-3-12-5-4-6-14(9-12)20-11(2)17(22)21-16-10-13(18)7-8-15(16)19/h4-11,20H,3H2,1-2H3,(H,21,22). The Hall–Kier alpha value is -2.07. The van der Waals surface area contributed by atoms with Gasteiger partial charge in [-0.25, -0.2) is 4.39 Å². The molecule has 0 aliphatic heterocycles. The van der Waals surface area contributed by atoms with Gasteiger partial charge in [0.1, 0.15) is 11.9 Å². The van der Waals surface area contributed by atoms with E-state index in [-0.39, 0.29) is 11.6 Å². The second-order valence-electron chi connectivity index (χ2n) is 5.03. The molecule has 1 amide bonds. The summed E-state index contributed by atoms with van der Waals surface area (Å²) in [6.07, 6.45) is 0.920. The van der Waals surface area contributed by atoms with Crippen LogP contribution in [-0.4, -0.2) is 11.9 Å². The summed E-state index contributed by atoms with van der Waals surface area (Å²) >= 11 is 5.81. The largest absolute Gasteiger partial charge is 0.374 e. The smallest absolute Gasteiger partial charge is 0.246 e. The molecule has 2 rings (SSSR count). The van der Waals surface area contributed by atoms with Crippen molar-refractivity contribution in [2.45, 2.75) is 26.3 Å². The van der Waals surface area contributed by atoms with E-state index >= 15 is 0 Å². The van der Waals surface area contributed by atoms with Gasteiger partial charge in [-0.1, -0.05) is 30.7 Å². The topological polar surface area (TPSA) is 41.1 Å². The molecule has 0 fully saturated rings. The highest BCUT2D eigenvalue weighted by Gasteiger charge is 2.15. The van der Waals surface area contributed by atoms with E-state index in [4.69, 9.17) is 11.6 Å². The Labute approximate surface area is 134 Å². The number of hydrogen-bond acceptors (Lipinski definition) is 2. The highest BCUT2D eigenvalue weighted by molar-refractivity contribution is 6.30. The summed E-state index contributed by atoms with van der Waals surface area (Å²) in [6.45, 7) is 3.79. The van der Waals surface area contributed by atoms with Crippen LogP contribution in [0.15, 0.2) is 42.5 Å². The summed E-state index contributed by atoms with van der Waals surface area (Å²) in [5, 5.41) is 6.01. The van der Waals surface area contributed by atoms with Crippen molar-refractivity contribution in [3.63, 3.8) is 0 Å². The lowest BCUT2D eigenvalue weighted by Gasteiger charge is -2.16. The summed E-state index contributed by atoms with van der Waals surface area (Å²) < 4.78 is 13.6. The number of hydrogen-bond donors (Lipinski definition) is 2. The Kier molecular flexibility index (Phi) is 5.39. The minimum atomic E-state index is -0.516. The van der Waals surface area contributed by atoms with Crippen molar-refractivity contribution in [1.82, 2.24) is 0 Å². The van der Waals surface area contributed by atoms with Crippen molar-refractivity contribution in [2.24, 2.45) is 0 Å². The minimum Gasteiger partial charge on any atom is -0.374 e. The molecule has 0 spiro atoms. The van der Waals surface area contributed by atoms with Gasteiger partial charge in [-0.05, 0) is 49.2 Å². The maximum absolute atomic E-state index is 13.6. The van der Waals surface area contributed by atoms with E-state index in [9.17, 15) is 9.18 Å². The minimum absolute atomic E-state index is 0.0773. The first kappa shape index (κ1) is 16.3. The molecule has 0 aliphatic carbocycles. The van der Waals surface area contributed by atoms with E-state index in [1.165, 1.54) is 23.8 Å². The zero-order chi connectivity index (χ0) is 16.1. The lowest BCUT2D eigenvalue weighted by atomic mass is 10.1. The fourth-order valence-corrected chi connectivity index (χ4v) is 2.20. The molecule has 0 radical (unpaired) electrons. The molecular formula is C17H18ClFN2O. The number of nitrogens with one attached hydrogen (secondary N) is 2. The van der Waals surface area contributed by atoms with Crippen LogP contribution in [0.1, 0.15) is 19.4 Å². The van der Waals surface area contributed by atoms with Crippen LogP contribution in [0.3, 0.4) is 0 Å². The Morgan fingerprint density at radius 1 is 1.27 bits per heavy atom. The fraction of sp³-hybridized carbons (Fsp3) is 0.235. The molecule has 116 valence electrons. The lowest BCUT2D eigenvalue weighted by Crippen LogP contribution is -2.32. The maximum atomic E-state index is 13.6. The third-order valence-corrected chi connectivity index (χ3v) is 3.53. The van der Waals surface area contributed by atoms with E-state index in [1.807, 2.05) is 24.3 Å². The van der Waals surface area contributed by atoms with Gasteiger partial charge in [0.25, 0.3) is 0 Å². The van der Waals surface area contributed by atoms with Gasteiger partial charge >= 0.3 is 0 Å². The summed E-state index contributed by atoms with van der Waals surface area (Å²) in [4.78, 5) is 12.2. The van der Waals surface area contributed by atoms with Crippen molar-refractivity contribution in [2.75, 3.05) is 10.6 Å². The molecule has 5 heteroatoms. The van der Waals surface area contributed by atoms with Crippen LogP contribution in [0, 0.1) is 5.82 Å². The normalized spacial score (nSPS) is 11.8. The number of carbonyl (C=O) groups excluding carboxylic acids is 1. The molecule has 0 saturated heterocycles. The van der Waals surface area contributed by atoms with Crippen molar-refractivity contribution in [3.05, 3.63) is 58.9 Å². The molecular weight excluding hydrogens is 303 g/mol. The summed E-state index contributed by atoms with van der Waals surface area (Å²) in [5.74, 6) is -0.846. The van der Waals surface area contributed by atoms with Crippen LogP contribution in [0.25, 0.3) is 0 Å². The van der Waals surface area contributed by atoms with Crippen LogP contribution >= 0.6 is 11.6 Å². The molecule has 3 nitrogen and oxygen atoms in total. The number of carbonyl (C=O) groups is 1. The van der Waals surface area contributed by atoms with E-state index in [0.29, 0.717) is 5.02 Å². The predicted molar refractivity (Wildman–Crippen MR) is 88.9 cm³/mol. The van der Waals surface area contributed by atoms with E-state index < -0.39 is 11.9 Å². The summed E-state index contributed by atoms with van der Waals surface area (Å²) in [5.41, 5.74) is 2.11. The molecule has 2 aromatic carbocycles. The third-order valence-electron chi connectivity index (χ3n) is 3.30. The number of amides is 1. The van der Waals surface area contributed by atoms with E-state index in [2.05, 4.69) is 17.6 Å². The van der Waals surface area contributed by atoms with Crippen molar-refractivity contribution in [1.29, 1.82) is 0 Å². The highest BCUT2D eigenvalue weighted by atomic mass is 35.5.